The van der Waals surface area contributed by atoms with E-state index in [9.17, 15) is 4.79 Å². The van der Waals surface area contributed by atoms with E-state index in [1.165, 1.54) is 32.1 Å². The van der Waals surface area contributed by atoms with Gasteiger partial charge in [0.25, 0.3) is 0 Å². The Kier molecular flexibility index (Phi) is 6.32. The van der Waals surface area contributed by atoms with Crippen molar-refractivity contribution in [1.82, 2.24) is 9.80 Å². The Morgan fingerprint density at radius 1 is 1.22 bits per heavy atom. The normalized spacial score (nSPS) is 30.3. The molecule has 134 valence electrons. The van der Waals surface area contributed by atoms with E-state index in [2.05, 4.69) is 11.8 Å². The van der Waals surface area contributed by atoms with Crippen LogP contribution in [-0.4, -0.2) is 59.8 Å². The highest BCUT2D eigenvalue weighted by Crippen LogP contribution is 2.32. The highest BCUT2D eigenvalue weighted by molar-refractivity contribution is 5.68. The summed E-state index contributed by atoms with van der Waals surface area (Å²) in [6, 6.07) is 0.900. The Labute approximate surface area is 141 Å². The fourth-order valence-corrected chi connectivity index (χ4v) is 4.11. The van der Waals surface area contributed by atoms with Crippen molar-refractivity contribution in [2.45, 2.75) is 77.5 Å². The van der Waals surface area contributed by atoms with E-state index in [1.54, 1.807) is 0 Å². The third-order valence-corrected chi connectivity index (χ3v) is 5.27. The topological polar surface area (TPSA) is 58.8 Å². The lowest BCUT2D eigenvalue weighted by molar-refractivity contribution is -0.0168. The number of hydrogen-bond donors (Lipinski definition) is 1. The van der Waals surface area contributed by atoms with Gasteiger partial charge in [0, 0.05) is 38.3 Å². The first kappa shape index (κ1) is 18.5. The van der Waals surface area contributed by atoms with Crippen LogP contribution in [0.1, 0.15) is 59.8 Å². The molecule has 1 aliphatic carbocycles. The van der Waals surface area contributed by atoms with Crippen molar-refractivity contribution in [2.75, 3.05) is 26.2 Å². The van der Waals surface area contributed by atoms with Gasteiger partial charge in [-0.2, -0.15) is 0 Å². The van der Waals surface area contributed by atoms with Gasteiger partial charge in [-0.15, -0.1) is 0 Å². The van der Waals surface area contributed by atoms with Gasteiger partial charge in [-0.25, -0.2) is 4.79 Å². The number of piperazine rings is 1. The van der Waals surface area contributed by atoms with Crippen LogP contribution < -0.4 is 5.73 Å². The van der Waals surface area contributed by atoms with Gasteiger partial charge in [-0.3, -0.25) is 4.90 Å². The molecule has 5 nitrogen and oxygen atoms in total. The molecule has 2 fully saturated rings. The van der Waals surface area contributed by atoms with Crippen molar-refractivity contribution in [3.05, 3.63) is 0 Å². The first-order valence-corrected chi connectivity index (χ1v) is 9.29. The molecule has 0 aromatic heterocycles. The Balaban J connectivity index is 1.99. The van der Waals surface area contributed by atoms with Crippen LogP contribution >= 0.6 is 0 Å². The van der Waals surface area contributed by atoms with E-state index >= 15 is 0 Å². The fraction of sp³-hybridized carbons (Fsp3) is 0.944. The van der Waals surface area contributed by atoms with Crippen LogP contribution in [0.3, 0.4) is 0 Å². The summed E-state index contributed by atoms with van der Waals surface area (Å²) in [5, 5.41) is 0. The molecule has 0 aromatic rings. The number of hydrogen-bond acceptors (Lipinski definition) is 4. The summed E-state index contributed by atoms with van der Waals surface area (Å²) in [5.74, 6) is 0.783. The average Bonchev–Trinajstić information content (AvgIpc) is 2.52. The number of rotatable bonds is 3. The summed E-state index contributed by atoms with van der Waals surface area (Å²) in [6.07, 6.45) is 6.34. The van der Waals surface area contributed by atoms with Crippen LogP contribution in [0.15, 0.2) is 0 Å². The second-order valence-corrected chi connectivity index (χ2v) is 8.07. The van der Waals surface area contributed by atoms with Crippen molar-refractivity contribution in [3.8, 4) is 0 Å². The average molecular weight is 325 g/mol. The molecule has 1 amide bonds. The lowest BCUT2D eigenvalue weighted by Crippen LogP contribution is -2.62. The molecule has 3 unspecified atom stereocenters. The van der Waals surface area contributed by atoms with Gasteiger partial charge in [0.15, 0.2) is 0 Å². The molecule has 0 aromatic carbocycles. The Morgan fingerprint density at radius 3 is 2.52 bits per heavy atom. The van der Waals surface area contributed by atoms with Crippen molar-refractivity contribution >= 4 is 6.09 Å². The molecule has 0 spiro atoms. The van der Waals surface area contributed by atoms with E-state index in [0.29, 0.717) is 19.1 Å². The standard InChI is InChI=1S/C18H35N3O2/c1-5-14-8-6-7-9-16(14)21-11-10-20(13-15(21)12-19)17(22)23-18(2,3)4/h14-16H,5-13,19H2,1-4H3. The van der Waals surface area contributed by atoms with Crippen molar-refractivity contribution < 1.29 is 9.53 Å². The fourth-order valence-electron chi connectivity index (χ4n) is 4.11. The van der Waals surface area contributed by atoms with Crippen LogP contribution in [0.4, 0.5) is 4.79 Å². The van der Waals surface area contributed by atoms with Gasteiger partial charge in [0.2, 0.25) is 0 Å². The number of carbonyl (C=O) groups excluding carboxylic acids is 1. The number of nitrogens with zero attached hydrogens (tertiary/aromatic N) is 2. The molecule has 1 saturated heterocycles. The third kappa shape index (κ3) is 4.83. The van der Waals surface area contributed by atoms with Gasteiger partial charge in [-0.1, -0.05) is 26.2 Å². The first-order valence-electron chi connectivity index (χ1n) is 9.29. The predicted octanol–water partition coefficient (Wildman–Crippen LogP) is 2.84. The van der Waals surface area contributed by atoms with Crippen molar-refractivity contribution in [3.63, 3.8) is 0 Å². The molecule has 2 N–H and O–H groups in total. The smallest absolute Gasteiger partial charge is 0.410 e. The maximum atomic E-state index is 12.3. The summed E-state index contributed by atoms with van der Waals surface area (Å²) < 4.78 is 5.52. The van der Waals surface area contributed by atoms with Gasteiger partial charge in [-0.05, 0) is 39.5 Å². The zero-order valence-corrected chi connectivity index (χ0v) is 15.4. The van der Waals surface area contributed by atoms with Crippen molar-refractivity contribution in [1.29, 1.82) is 0 Å². The van der Waals surface area contributed by atoms with Gasteiger partial charge in [0.1, 0.15) is 5.60 Å². The van der Waals surface area contributed by atoms with Gasteiger partial charge in [0.05, 0.1) is 0 Å². The highest BCUT2D eigenvalue weighted by Gasteiger charge is 2.37. The minimum absolute atomic E-state index is 0.203. The van der Waals surface area contributed by atoms with Gasteiger partial charge >= 0.3 is 6.09 Å². The minimum atomic E-state index is -0.441. The second kappa shape index (κ2) is 7.84. The van der Waals surface area contributed by atoms with E-state index in [4.69, 9.17) is 10.5 Å². The summed E-state index contributed by atoms with van der Waals surface area (Å²) >= 11 is 0. The summed E-state index contributed by atoms with van der Waals surface area (Å²) in [4.78, 5) is 16.8. The van der Waals surface area contributed by atoms with Crippen LogP contribution in [0.25, 0.3) is 0 Å². The Morgan fingerprint density at radius 2 is 1.91 bits per heavy atom. The number of ether oxygens (including phenoxy) is 1. The van der Waals surface area contributed by atoms with E-state index < -0.39 is 5.60 Å². The zero-order chi connectivity index (χ0) is 17.0. The molecule has 23 heavy (non-hydrogen) atoms. The molecular formula is C18H35N3O2. The third-order valence-electron chi connectivity index (χ3n) is 5.27. The number of amides is 1. The lowest BCUT2D eigenvalue weighted by Gasteiger charge is -2.48. The summed E-state index contributed by atoms with van der Waals surface area (Å²) in [7, 11) is 0. The van der Waals surface area contributed by atoms with Crippen molar-refractivity contribution in [2.24, 2.45) is 11.7 Å². The van der Waals surface area contributed by atoms with Crippen LogP contribution in [0.5, 0.6) is 0 Å². The number of nitrogens with two attached hydrogens (primary N) is 1. The second-order valence-electron chi connectivity index (χ2n) is 8.07. The zero-order valence-electron chi connectivity index (χ0n) is 15.4. The highest BCUT2D eigenvalue weighted by atomic mass is 16.6. The monoisotopic (exact) mass is 325 g/mol. The maximum Gasteiger partial charge on any atom is 0.410 e. The molecule has 5 heteroatoms. The molecule has 3 atom stereocenters. The SMILES string of the molecule is CCC1CCCCC1N1CCN(C(=O)OC(C)(C)C)CC1CN. The van der Waals surface area contributed by atoms with E-state index in [0.717, 1.165) is 19.0 Å². The Hall–Kier alpha value is -0.810. The predicted molar refractivity (Wildman–Crippen MR) is 93.4 cm³/mol. The summed E-state index contributed by atoms with van der Waals surface area (Å²) in [5.41, 5.74) is 5.62. The molecule has 1 saturated carbocycles. The summed E-state index contributed by atoms with van der Waals surface area (Å²) in [6.45, 7) is 11.0. The molecule has 1 heterocycles. The molecule has 2 aliphatic rings. The molecule has 1 aliphatic heterocycles. The molecular weight excluding hydrogens is 290 g/mol. The molecule has 0 radical (unpaired) electrons. The minimum Gasteiger partial charge on any atom is -0.444 e. The Bertz CT molecular complexity index is 394. The van der Waals surface area contributed by atoms with Gasteiger partial charge < -0.3 is 15.4 Å². The molecule has 2 rings (SSSR count). The maximum absolute atomic E-state index is 12.3. The first-order chi connectivity index (χ1) is 10.9. The van der Waals surface area contributed by atoms with Crippen LogP contribution in [0.2, 0.25) is 0 Å². The van der Waals surface area contributed by atoms with Crippen LogP contribution in [-0.2, 0) is 4.74 Å². The van der Waals surface area contributed by atoms with E-state index in [1.807, 2.05) is 25.7 Å². The lowest BCUT2D eigenvalue weighted by atomic mass is 9.81. The molecule has 0 bridgehead atoms. The van der Waals surface area contributed by atoms with E-state index in [-0.39, 0.29) is 12.1 Å². The number of carbonyl (C=O) groups is 1. The van der Waals surface area contributed by atoms with Crippen LogP contribution in [0, 0.1) is 5.92 Å². The largest absolute Gasteiger partial charge is 0.444 e. The quantitative estimate of drug-likeness (QED) is 0.867.